The fraction of sp³-hybridized carbons (Fsp3) is 0.0164. The van der Waals surface area contributed by atoms with E-state index in [2.05, 4.69) is 168 Å². The van der Waals surface area contributed by atoms with Crippen molar-refractivity contribution >= 4 is 66.4 Å². The number of halogens is 2. The highest BCUT2D eigenvalue weighted by atomic mass is 19.1. The molecule has 65 heavy (non-hydrogen) atoms. The molecule has 1 aliphatic rings. The zero-order chi connectivity index (χ0) is 43.5. The van der Waals surface area contributed by atoms with Crippen molar-refractivity contribution in [2.75, 3.05) is 9.80 Å². The summed E-state index contributed by atoms with van der Waals surface area (Å²) in [5, 5.41) is 6.77. The van der Waals surface area contributed by atoms with Crippen molar-refractivity contribution in [1.82, 2.24) is 0 Å². The summed E-state index contributed by atoms with van der Waals surface area (Å²) in [6, 6.07) is 82.6. The van der Waals surface area contributed by atoms with Crippen molar-refractivity contribution in [3.8, 4) is 11.1 Å². The van der Waals surface area contributed by atoms with Gasteiger partial charge in [-0.15, -0.1) is 0 Å². The summed E-state index contributed by atoms with van der Waals surface area (Å²) in [4.78, 5) is 4.25. The van der Waals surface area contributed by atoms with Gasteiger partial charge >= 0.3 is 0 Å². The molecule has 0 atom stereocenters. The average Bonchev–Trinajstić information content (AvgIpc) is 3.68. The number of benzene rings is 11. The average molecular weight is 839 g/mol. The van der Waals surface area contributed by atoms with Gasteiger partial charge in [-0.1, -0.05) is 158 Å². The van der Waals surface area contributed by atoms with E-state index in [1.807, 2.05) is 48.5 Å². The Balaban J connectivity index is 1.18. The molecule has 0 saturated carbocycles. The second-order valence-electron chi connectivity index (χ2n) is 16.7. The van der Waals surface area contributed by atoms with Crippen LogP contribution >= 0.6 is 0 Å². The van der Waals surface area contributed by atoms with E-state index in [-0.39, 0.29) is 11.6 Å². The summed E-state index contributed by atoms with van der Waals surface area (Å²) in [7, 11) is 0. The molecule has 0 amide bonds. The van der Waals surface area contributed by atoms with Crippen molar-refractivity contribution in [3.63, 3.8) is 0 Å². The van der Waals surface area contributed by atoms with E-state index in [1.165, 1.54) is 45.5 Å². The Morgan fingerprint density at radius 1 is 0.292 bits per heavy atom. The van der Waals surface area contributed by atoms with Crippen LogP contribution in [0, 0.1) is 11.6 Å². The number of para-hydroxylation sites is 2. The van der Waals surface area contributed by atoms with Crippen molar-refractivity contribution in [2.24, 2.45) is 0 Å². The van der Waals surface area contributed by atoms with Crippen LogP contribution < -0.4 is 9.80 Å². The molecule has 4 heteroatoms. The summed E-state index contributed by atoms with van der Waals surface area (Å²) in [6.45, 7) is 0. The minimum absolute atomic E-state index is 0.288. The first-order chi connectivity index (χ1) is 32.1. The lowest BCUT2D eigenvalue weighted by Gasteiger charge is -2.36. The third-order valence-corrected chi connectivity index (χ3v) is 13.1. The van der Waals surface area contributed by atoms with E-state index in [1.54, 1.807) is 24.3 Å². The Morgan fingerprint density at radius 2 is 0.754 bits per heavy atom. The molecular formula is C61H40F2N2. The fourth-order valence-electron chi connectivity index (χ4n) is 10.6. The van der Waals surface area contributed by atoms with Crippen LogP contribution in [0.25, 0.3) is 43.4 Å². The van der Waals surface area contributed by atoms with Crippen LogP contribution in [0.15, 0.2) is 243 Å². The van der Waals surface area contributed by atoms with Gasteiger partial charge in [0.15, 0.2) is 0 Å². The summed E-state index contributed by atoms with van der Waals surface area (Å²) in [5.74, 6) is -0.578. The number of hydrogen-bond acceptors (Lipinski definition) is 2. The molecule has 308 valence electrons. The Morgan fingerprint density at radius 3 is 1.31 bits per heavy atom. The van der Waals surface area contributed by atoms with Gasteiger partial charge in [0, 0.05) is 34.1 Å². The Kier molecular flexibility index (Phi) is 9.13. The molecule has 0 spiro atoms. The second kappa shape index (κ2) is 15.5. The molecule has 0 aliphatic heterocycles. The number of nitrogens with zero attached hydrogens (tertiary/aromatic N) is 2. The van der Waals surface area contributed by atoms with E-state index in [9.17, 15) is 4.39 Å². The highest BCUT2D eigenvalue weighted by molar-refractivity contribution is 6.21. The van der Waals surface area contributed by atoms with Crippen LogP contribution in [-0.2, 0) is 5.41 Å². The lowest BCUT2D eigenvalue weighted by atomic mass is 9.65. The fourth-order valence-corrected chi connectivity index (χ4v) is 10.6. The van der Waals surface area contributed by atoms with Crippen molar-refractivity contribution in [3.05, 3.63) is 277 Å². The van der Waals surface area contributed by atoms with Crippen LogP contribution in [-0.4, -0.2) is 0 Å². The molecule has 0 heterocycles. The molecule has 2 nitrogen and oxygen atoms in total. The van der Waals surface area contributed by atoms with E-state index in [4.69, 9.17) is 0 Å². The van der Waals surface area contributed by atoms with Crippen LogP contribution in [0.2, 0.25) is 0 Å². The summed E-state index contributed by atoms with van der Waals surface area (Å²) >= 11 is 0. The summed E-state index contributed by atoms with van der Waals surface area (Å²) in [6.07, 6.45) is 0. The number of anilines is 6. The van der Waals surface area contributed by atoms with Gasteiger partial charge in [-0.2, -0.15) is 0 Å². The molecule has 11 aromatic rings. The van der Waals surface area contributed by atoms with Crippen LogP contribution in [0.4, 0.5) is 42.9 Å². The van der Waals surface area contributed by atoms with Gasteiger partial charge in [-0.05, 0) is 151 Å². The van der Waals surface area contributed by atoms with Gasteiger partial charge < -0.3 is 9.80 Å². The smallest absolute Gasteiger partial charge is 0.125 e. The topological polar surface area (TPSA) is 6.48 Å². The first-order valence-electron chi connectivity index (χ1n) is 22.0. The van der Waals surface area contributed by atoms with Gasteiger partial charge in [0.05, 0.1) is 5.41 Å². The Labute approximate surface area is 376 Å². The summed E-state index contributed by atoms with van der Waals surface area (Å²) in [5.41, 5.74) is 11.7. The Bertz CT molecular complexity index is 3530. The zero-order valence-corrected chi connectivity index (χ0v) is 35.2. The van der Waals surface area contributed by atoms with Gasteiger partial charge in [0.1, 0.15) is 11.6 Å². The second-order valence-corrected chi connectivity index (χ2v) is 16.7. The predicted molar refractivity (Wildman–Crippen MR) is 266 cm³/mol. The van der Waals surface area contributed by atoms with E-state index in [0.717, 1.165) is 66.4 Å². The molecule has 0 N–H and O–H groups in total. The standard InChI is InChI=1S/C61H40F2N2/c62-44-21-15-27-48(38-44)64(46-23-9-3-10-24-46)50-32-35-52-41(37-50)31-34-56-58-54-30-14-13-29-53(54)57-40-51(65(47-25-11-4-12-26-47)49-28-16-22-45(63)39-49)33-36-55(57)60(58)61(59(52)56,42-17-5-1-6-18-42)43-19-7-2-8-20-43/h1-40H. The van der Waals surface area contributed by atoms with E-state index < -0.39 is 5.41 Å². The van der Waals surface area contributed by atoms with Crippen molar-refractivity contribution in [1.29, 1.82) is 0 Å². The number of fused-ring (bicyclic) bond motifs is 10. The SMILES string of the molecule is Fc1cccc(N(c2ccccc2)c2ccc3c4c(ccc3c2)-c2c(c3ccc(N(c5ccccc5)c5cccc(F)c5)cc3c3ccccc23)C4(c2ccccc2)c2ccccc2)c1. The maximum atomic E-state index is 15.0. The quantitative estimate of drug-likeness (QED) is 0.141. The van der Waals surface area contributed by atoms with Crippen LogP contribution in [0.1, 0.15) is 22.3 Å². The molecule has 0 unspecified atom stereocenters. The molecule has 12 rings (SSSR count). The molecule has 11 aromatic carbocycles. The molecular weight excluding hydrogens is 799 g/mol. The van der Waals surface area contributed by atoms with E-state index in [0.29, 0.717) is 0 Å². The maximum Gasteiger partial charge on any atom is 0.125 e. The molecule has 0 saturated heterocycles. The van der Waals surface area contributed by atoms with Gasteiger partial charge in [0.25, 0.3) is 0 Å². The van der Waals surface area contributed by atoms with Crippen molar-refractivity contribution < 1.29 is 8.78 Å². The third kappa shape index (κ3) is 6.13. The van der Waals surface area contributed by atoms with Gasteiger partial charge in [-0.25, -0.2) is 8.78 Å². The van der Waals surface area contributed by atoms with E-state index >= 15 is 4.39 Å². The van der Waals surface area contributed by atoms with Crippen molar-refractivity contribution in [2.45, 2.75) is 5.41 Å². The first kappa shape index (κ1) is 38.3. The number of rotatable bonds is 8. The highest BCUT2D eigenvalue weighted by Gasteiger charge is 2.49. The first-order valence-corrected chi connectivity index (χ1v) is 22.0. The molecule has 0 fully saturated rings. The Hall–Kier alpha value is -8.34. The van der Waals surface area contributed by atoms with Crippen LogP contribution in [0.3, 0.4) is 0 Å². The summed E-state index contributed by atoms with van der Waals surface area (Å²) < 4.78 is 29.9. The zero-order valence-electron chi connectivity index (χ0n) is 35.2. The van der Waals surface area contributed by atoms with Crippen LogP contribution in [0.5, 0.6) is 0 Å². The highest BCUT2D eigenvalue weighted by Crippen LogP contribution is 2.62. The minimum atomic E-state index is -0.749. The molecule has 0 bridgehead atoms. The monoisotopic (exact) mass is 838 g/mol. The number of hydrogen-bond donors (Lipinski definition) is 0. The lowest BCUT2D eigenvalue weighted by molar-refractivity contribution is 0.627. The van der Waals surface area contributed by atoms with Gasteiger partial charge in [0.2, 0.25) is 0 Å². The lowest BCUT2D eigenvalue weighted by Crippen LogP contribution is -2.29. The predicted octanol–water partition coefficient (Wildman–Crippen LogP) is 16.7. The minimum Gasteiger partial charge on any atom is -0.310 e. The third-order valence-electron chi connectivity index (χ3n) is 13.1. The maximum absolute atomic E-state index is 15.0. The molecule has 0 aromatic heterocycles. The molecule has 1 aliphatic carbocycles. The largest absolute Gasteiger partial charge is 0.310 e. The van der Waals surface area contributed by atoms with Gasteiger partial charge in [-0.3, -0.25) is 0 Å². The molecule has 0 radical (unpaired) electrons. The normalized spacial score (nSPS) is 12.6.